The van der Waals surface area contributed by atoms with E-state index >= 15 is 0 Å². The molecule has 0 saturated carbocycles. The number of nitrogens with zero attached hydrogens (tertiary/aromatic N) is 2. The van der Waals surface area contributed by atoms with E-state index in [0.29, 0.717) is 30.0 Å². The van der Waals surface area contributed by atoms with Gasteiger partial charge in [-0.25, -0.2) is 9.37 Å². The lowest BCUT2D eigenvalue weighted by Crippen LogP contribution is -2.58. The van der Waals surface area contributed by atoms with Crippen LogP contribution in [0.3, 0.4) is 0 Å². The molecular formula is C26H26FN5O6. The van der Waals surface area contributed by atoms with Crippen LogP contribution in [-0.4, -0.2) is 71.5 Å². The number of aromatic nitrogens is 2. The van der Waals surface area contributed by atoms with Crippen molar-refractivity contribution in [2.24, 2.45) is 0 Å². The van der Waals surface area contributed by atoms with Gasteiger partial charge in [0.1, 0.15) is 23.4 Å². The second kappa shape index (κ2) is 10.8. The number of fused-ring (bicyclic) bond motifs is 5. The van der Waals surface area contributed by atoms with E-state index < -0.39 is 29.8 Å². The Morgan fingerprint density at radius 2 is 2.08 bits per heavy atom. The van der Waals surface area contributed by atoms with Crippen LogP contribution in [0.1, 0.15) is 32.8 Å². The number of amides is 3. The smallest absolute Gasteiger partial charge is 0.271 e. The quantitative estimate of drug-likeness (QED) is 0.465. The summed E-state index contributed by atoms with van der Waals surface area (Å²) in [6.45, 7) is 0.236. The molecule has 3 amide bonds. The Morgan fingerprint density at radius 3 is 2.87 bits per heavy atom. The summed E-state index contributed by atoms with van der Waals surface area (Å²) in [5.74, 6) is -0.855. The van der Waals surface area contributed by atoms with Gasteiger partial charge in [0.25, 0.3) is 17.7 Å². The minimum Gasteiger partial charge on any atom is -0.493 e. The SMILES string of the molecule is COc1ccc2cc1OCC(=O)NCc1cc(F)cc(c1)O[C@@H]1CCN(C(=O)c3cnc[nH]3)C[C@@H]1NC2=O. The molecule has 11 nitrogen and oxygen atoms in total. The van der Waals surface area contributed by atoms with Crippen molar-refractivity contribution in [3.8, 4) is 17.2 Å². The second-order valence-corrected chi connectivity index (χ2v) is 8.97. The Bertz CT molecular complexity index is 1350. The molecule has 0 spiro atoms. The standard InChI is InChI=1S/C26H26FN5O6/c1-36-22-3-2-16-8-23(22)37-13-24(33)29-10-15-6-17(27)9-18(7-15)38-21-4-5-32(12-20(21)31-25(16)34)26(35)19-11-28-14-30-19/h2-3,6-9,11,14,20-21H,4-5,10,12-13H2,1H3,(H,28,30)(H,29,33)(H,31,34)/t20-,21+/m0/s1. The van der Waals surface area contributed by atoms with Gasteiger partial charge in [-0.1, -0.05) is 0 Å². The number of halogens is 1. The highest BCUT2D eigenvalue weighted by molar-refractivity contribution is 5.95. The second-order valence-electron chi connectivity index (χ2n) is 8.97. The zero-order valence-electron chi connectivity index (χ0n) is 20.5. The third-order valence-electron chi connectivity index (χ3n) is 6.37. The summed E-state index contributed by atoms with van der Waals surface area (Å²) in [4.78, 5) is 46.9. The van der Waals surface area contributed by atoms with Crippen LogP contribution in [0.4, 0.5) is 4.39 Å². The third kappa shape index (κ3) is 5.53. The molecule has 1 saturated heterocycles. The molecule has 0 radical (unpaired) electrons. The minimum atomic E-state index is -0.617. The van der Waals surface area contributed by atoms with Gasteiger partial charge in [-0.2, -0.15) is 0 Å². The first-order valence-electron chi connectivity index (χ1n) is 12.0. The molecule has 2 aromatic carbocycles. The van der Waals surface area contributed by atoms with E-state index in [0.717, 1.165) is 0 Å². The number of hydrogen-bond acceptors (Lipinski definition) is 7. The van der Waals surface area contributed by atoms with Crippen molar-refractivity contribution in [3.63, 3.8) is 0 Å². The lowest BCUT2D eigenvalue weighted by Gasteiger charge is -2.38. The number of ether oxygens (including phenoxy) is 3. The Kier molecular flexibility index (Phi) is 7.11. The lowest BCUT2D eigenvalue weighted by atomic mass is 10.0. The predicted octanol–water partition coefficient (Wildman–Crippen LogP) is 1.66. The van der Waals surface area contributed by atoms with E-state index in [9.17, 15) is 18.8 Å². The number of methoxy groups -OCH3 is 1. The van der Waals surface area contributed by atoms with Gasteiger partial charge in [0.15, 0.2) is 18.1 Å². The number of imidazole rings is 1. The van der Waals surface area contributed by atoms with E-state index in [-0.39, 0.29) is 42.7 Å². The number of H-pyrrole nitrogens is 1. The fourth-order valence-electron chi connectivity index (χ4n) is 4.48. The number of rotatable bonds is 2. The topological polar surface area (TPSA) is 135 Å². The van der Waals surface area contributed by atoms with Crippen molar-refractivity contribution in [1.29, 1.82) is 0 Å². The van der Waals surface area contributed by atoms with Crippen LogP contribution in [0.5, 0.6) is 17.2 Å². The van der Waals surface area contributed by atoms with E-state index in [1.54, 1.807) is 23.1 Å². The van der Waals surface area contributed by atoms with Crippen LogP contribution in [0.25, 0.3) is 0 Å². The first-order chi connectivity index (χ1) is 18.4. The summed E-state index contributed by atoms with van der Waals surface area (Å²) < 4.78 is 31.5. The number of piperidine rings is 1. The number of likely N-dealkylation sites (tertiary alicyclic amines) is 1. The highest BCUT2D eigenvalue weighted by Crippen LogP contribution is 2.29. The van der Waals surface area contributed by atoms with Gasteiger partial charge in [0, 0.05) is 37.7 Å². The number of nitrogens with one attached hydrogen (secondary N) is 3. The largest absolute Gasteiger partial charge is 0.493 e. The van der Waals surface area contributed by atoms with Gasteiger partial charge >= 0.3 is 0 Å². The van der Waals surface area contributed by atoms with Crippen LogP contribution in [0.15, 0.2) is 48.9 Å². The summed E-state index contributed by atoms with van der Waals surface area (Å²) in [6.07, 6.45) is 2.68. The van der Waals surface area contributed by atoms with Crippen LogP contribution >= 0.6 is 0 Å². The Hall–Kier alpha value is -4.61. The third-order valence-corrected chi connectivity index (χ3v) is 6.37. The van der Waals surface area contributed by atoms with Gasteiger partial charge in [0.2, 0.25) is 0 Å². The van der Waals surface area contributed by atoms with Crippen LogP contribution < -0.4 is 24.8 Å². The molecule has 4 bridgehead atoms. The molecule has 1 aromatic heterocycles. The first kappa shape index (κ1) is 25.1. The van der Waals surface area contributed by atoms with Crippen LogP contribution in [0.2, 0.25) is 0 Å². The molecule has 2 aliphatic heterocycles. The maximum absolute atomic E-state index is 14.4. The average Bonchev–Trinajstić information content (AvgIpc) is 3.45. The van der Waals surface area contributed by atoms with Crippen molar-refractivity contribution >= 4 is 17.7 Å². The molecule has 38 heavy (non-hydrogen) atoms. The number of carbonyl (C=O) groups is 3. The summed E-state index contributed by atoms with van der Waals surface area (Å²) in [6, 6.07) is 8.17. The summed E-state index contributed by atoms with van der Waals surface area (Å²) in [5.41, 5.74) is 1.09. The minimum absolute atomic E-state index is 0.0603. The van der Waals surface area contributed by atoms with Crippen LogP contribution in [-0.2, 0) is 11.3 Å². The maximum Gasteiger partial charge on any atom is 0.271 e. The molecule has 12 heteroatoms. The highest BCUT2D eigenvalue weighted by Gasteiger charge is 2.35. The molecule has 3 heterocycles. The monoisotopic (exact) mass is 523 g/mol. The van der Waals surface area contributed by atoms with Gasteiger partial charge in [-0.15, -0.1) is 0 Å². The molecule has 3 N–H and O–H groups in total. The van der Waals surface area contributed by atoms with Crippen molar-refractivity contribution < 1.29 is 33.0 Å². The summed E-state index contributed by atoms with van der Waals surface area (Å²) in [7, 11) is 1.45. The van der Waals surface area contributed by atoms with E-state index in [2.05, 4.69) is 20.6 Å². The number of benzene rings is 2. The van der Waals surface area contributed by atoms with Gasteiger partial charge in [-0.05, 0) is 35.9 Å². The molecule has 1 fully saturated rings. The van der Waals surface area contributed by atoms with E-state index in [4.69, 9.17) is 14.2 Å². The maximum atomic E-state index is 14.4. The Balaban J connectivity index is 1.47. The van der Waals surface area contributed by atoms with Crippen molar-refractivity contribution in [3.05, 3.63) is 71.6 Å². The zero-order chi connectivity index (χ0) is 26.6. The number of hydrogen-bond donors (Lipinski definition) is 3. The first-order valence-corrected chi connectivity index (χ1v) is 12.0. The van der Waals surface area contributed by atoms with Gasteiger partial charge < -0.3 is 34.7 Å². The van der Waals surface area contributed by atoms with E-state index in [1.807, 2.05) is 0 Å². The normalized spacial score (nSPS) is 19.8. The molecule has 5 rings (SSSR count). The summed E-state index contributed by atoms with van der Waals surface area (Å²) >= 11 is 0. The number of aromatic amines is 1. The van der Waals surface area contributed by atoms with E-state index in [1.165, 1.54) is 37.8 Å². The predicted molar refractivity (Wildman–Crippen MR) is 132 cm³/mol. The molecule has 0 aliphatic carbocycles. The van der Waals surface area contributed by atoms with Gasteiger partial charge in [0.05, 0.1) is 25.7 Å². The molecule has 198 valence electrons. The molecular weight excluding hydrogens is 497 g/mol. The van der Waals surface area contributed by atoms with Crippen molar-refractivity contribution in [2.75, 3.05) is 26.8 Å². The molecule has 2 atom stereocenters. The summed E-state index contributed by atoms with van der Waals surface area (Å²) in [5, 5.41) is 5.64. The molecule has 0 unspecified atom stereocenters. The Morgan fingerprint density at radius 1 is 1.21 bits per heavy atom. The zero-order valence-corrected chi connectivity index (χ0v) is 20.5. The van der Waals surface area contributed by atoms with Crippen LogP contribution in [0, 0.1) is 5.82 Å². The lowest BCUT2D eigenvalue weighted by molar-refractivity contribution is -0.123. The van der Waals surface area contributed by atoms with Crippen molar-refractivity contribution in [1.82, 2.24) is 25.5 Å². The fraction of sp³-hybridized carbons (Fsp3) is 0.308. The van der Waals surface area contributed by atoms with Crippen molar-refractivity contribution in [2.45, 2.75) is 25.1 Å². The Labute approximate surface area is 217 Å². The number of carbonyl (C=O) groups excluding carboxylic acids is 3. The average molecular weight is 524 g/mol. The highest BCUT2D eigenvalue weighted by atomic mass is 19.1. The van der Waals surface area contributed by atoms with Gasteiger partial charge in [-0.3, -0.25) is 14.4 Å². The fourth-order valence-corrected chi connectivity index (χ4v) is 4.48. The molecule has 3 aromatic rings. The molecule has 2 aliphatic rings.